The Labute approximate surface area is 140 Å². The van der Waals surface area contributed by atoms with Gasteiger partial charge in [0.25, 0.3) is 0 Å². The van der Waals surface area contributed by atoms with Crippen LogP contribution in [-0.2, 0) is 13.0 Å². The number of nitrogens with zero attached hydrogens (tertiary/aromatic N) is 2. The van der Waals surface area contributed by atoms with Gasteiger partial charge in [0.2, 0.25) is 0 Å². The fourth-order valence-corrected chi connectivity index (χ4v) is 2.95. The van der Waals surface area contributed by atoms with Crippen LogP contribution in [0, 0.1) is 0 Å². The standard InChI is InChI=1S/C18H21N3O3/c22-15(10-19-17-7-3-6-16(20-17)18(23)24)12-21-9-8-13-4-1-2-5-14(13)11-21/h1-7,15,22H,8-12H2,(H,19,20)(H,23,24)/t15-/m1/s1. The molecule has 0 fully saturated rings. The van der Waals surface area contributed by atoms with Crippen molar-refractivity contribution in [3.8, 4) is 0 Å². The summed E-state index contributed by atoms with van der Waals surface area (Å²) in [6.07, 6.45) is 0.448. The quantitative estimate of drug-likeness (QED) is 0.747. The van der Waals surface area contributed by atoms with Crippen molar-refractivity contribution >= 4 is 11.8 Å². The number of aromatic carboxylic acids is 1. The molecule has 0 unspecified atom stereocenters. The monoisotopic (exact) mass is 327 g/mol. The fraction of sp³-hybridized carbons (Fsp3) is 0.333. The van der Waals surface area contributed by atoms with Crippen LogP contribution in [0.5, 0.6) is 0 Å². The number of aliphatic hydroxyl groups excluding tert-OH is 1. The molecular weight excluding hydrogens is 306 g/mol. The molecule has 1 aromatic carbocycles. The molecule has 0 spiro atoms. The van der Waals surface area contributed by atoms with E-state index in [0.29, 0.717) is 18.9 Å². The molecule has 0 radical (unpaired) electrons. The molecule has 2 aromatic rings. The summed E-state index contributed by atoms with van der Waals surface area (Å²) >= 11 is 0. The van der Waals surface area contributed by atoms with E-state index in [1.54, 1.807) is 12.1 Å². The number of aromatic nitrogens is 1. The summed E-state index contributed by atoms with van der Waals surface area (Å²) in [4.78, 5) is 17.1. The van der Waals surface area contributed by atoms with Crippen molar-refractivity contribution in [3.05, 3.63) is 59.3 Å². The topological polar surface area (TPSA) is 85.7 Å². The van der Waals surface area contributed by atoms with Gasteiger partial charge >= 0.3 is 5.97 Å². The number of hydrogen-bond acceptors (Lipinski definition) is 5. The van der Waals surface area contributed by atoms with Gasteiger partial charge in [0.15, 0.2) is 5.69 Å². The molecule has 126 valence electrons. The molecule has 1 aromatic heterocycles. The van der Waals surface area contributed by atoms with Crippen molar-refractivity contribution in [3.63, 3.8) is 0 Å². The third kappa shape index (κ3) is 4.10. The average molecular weight is 327 g/mol. The molecule has 1 atom stereocenters. The summed E-state index contributed by atoms with van der Waals surface area (Å²) < 4.78 is 0. The largest absolute Gasteiger partial charge is 0.477 e. The van der Waals surface area contributed by atoms with Crippen LogP contribution in [0.2, 0.25) is 0 Å². The summed E-state index contributed by atoms with van der Waals surface area (Å²) in [6.45, 7) is 2.68. The summed E-state index contributed by atoms with van der Waals surface area (Å²) in [5.41, 5.74) is 2.69. The van der Waals surface area contributed by atoms with Crippen LogP contribution in [-0.4, -0.2) is 51.8 Å². The van der Waals surface area contributed by atoms with E-state index >= 15 is 0 Å². The SMILES string of the molecule is O=C(O)c1cccc(NC[C@@H](O)CN2CCc3ccccc3C2)n1. The molecule has 6 heteroatoms. The zero-order valence-corrected chi connectivity index (χ0v) is 13.4. The van der Waals surface area contributed by atoms with Crippen LogP contribution < -0.4 is 5.32 Å². The zero-order valence-electron chi connectivity index (χ0n) is 13.4. The lowest BCUT2D eigenvalue weighted by molar-refractivity contribution is 0.0690. The highest BCUT2D eigenvalue weighted by atomic mass is 16.4. The maximum absolute atomic E-state index is 10.9. The first-order valence-electron chi connectivity index (χ1n) is 8.03. The highest BCUT2D eigenvalue weighted by molar-refractivity contribution is 5.85. The minimum atomic E-state index is -1.06. The Balaban J connectivity index is 1.51. The molecule has 0 saturated carbocycles. The van der Waals surface area contributed by atoms with Gasteiger partial charge in [-0.3, -0.25) is 4.90 Å². The third-order valence-corrected chi connectivity index (χ3v) is 4.17. The number of carboxylic acid groups (broad SMARTS) is 1. The van der Waals surface area contributed by atoms with Crippen LogP contribution in [0.25, 0.3) is 0 Å². The van der Waals surface area contributed by atoms with Crippen LogP contribution in [0.4, 0.5) is 5.82 Å². The lowest BCUT2D eigenvalue weighted by Gasteiger charge is -2.30. The van der Waals surface area contributed by atoms with Gasteiger partial charge in [-0.25, -0.2) is 9.78 Å². The maximum Gasteiger partial charge on any atom is 0.354 e. The smallest absolute Gasteiger partial charge is 0.354 e. The Hall–Kier alpha value is -2.44. The molecule has 0 amide bonds. The van der Waals surface area contributed by atoms with Crippen molar-refractivity contribution in [1.82, 2.24) is 9.88 Å². The molecule has 1 aliphatic rings. The lowest BCUT2D eigenvalue weighted by atomic mass is 10.00. The minimum absolute atomic E-state index is 0.0119. The number of fused-ring (bicyclic) bond motifs is 1. The van der Waals surface area contributed by atoms with E-state index in [0.717, 1.165) is 19.5 Å². The Morgan fingerprint density at radius 1 is 1.21 bits per heavy atom. The van der Waals surface area contributed by atoms with Crippen LogP contribution >= 0.6 is 0 Å². The maximum atomic E-state index is 10.9. The highest BCUT2D eigenvalue weighted by Crippen LogP contribution is 2.18. The van der Waals surface area contributed by atoms with Gasteiger partial charge in [-0.2, -0.15) is 0 Å². The fourth-order valence-electron chi connectivity index (χ4n) is 2.95. The minimum Gasteiger partial charge on any atom is -0.477 e. The normalized spacial score (nSPS) is 15.5. The van der Waals surface area contributed by atoms with E-state index in [9.17, 15) is 9.90 Å². The number of aliphatic hydroxyl groups is 1. The van der Waals surface area contributed by atoms with Crippen molar-refractivity contribution < 1.29 is 15.0 Å². The van der Waals surface area contributed by atoms with E-state index in [-0.39, 0.29) is 5.69 Å². The number of nitrogens with one attached hydrogen (secondary N) is 1. The second kappa shape index (κ2) is 7.42. The molecule has 2 heterocycles. The second-order valence-electron chi connectivity index (χ2n) is 6.00. The van der Waals surface area contributed by atoms with Gasteiger partial charge in [-0.05, 0) is 29.7 Å². The predicted molar refractivity (Wildman–Crippen MR) is 91.1 cm³/mol. The summed E-state index contributed by atoms with van der Waals surface area (Å²) in [6, 6.07) is 13.2. The highest BCUT2D eigenvalue weighted by Gasteiger charge is 2.18. The van der Waals surface area contributed by atoms with E-state index < -0.39 is 12.1 Å². The van der Waals surface area contributed by atoms with E-state index in [1.807, 2.05) is 6.07 Å². The van der Waals surface area contributed by atoms with Gasteiger partial charge in [0.05, 0.1) is 6.10 Å². The van der Waals surface area contributed by atoms with Crippen LogP contribution in [0.15, 0.2) is 42.5 Å². The molecule has 6 nitrogen and oxygen atoms in total. The average Bonchev–Trinajstić information content (AvgIpc) is 2.60. The van der Waals surface area contributed by atoms with Gasteiger partial charge in [-0.1, -0.05) is 30.3 Å². The molecular formula is C18H21N3O3. The molecule has 0 saturated heterocycles. The Morgan fingerprint density at radius 3 is 2.79 bits per heavy atom. The molecule has 3 N–H and O–H groups in total. The van der Waals surface area contributed by atoms with Crippen LogP contribution in [0.3, 0.4) is 0 Å². The number of benzene rings is 1. The summed E-state index contributed by atoms with van der Waals surface area (Å²) in [7, 11) is 0. The van der Waals surface area contributed by atoms with Crippen molar-refractivity contribution in [2.75, 3.05) is 25.0 Å². The van der Waals surface area contributed by atoms with Gasteiger partial charge in [0, 0.05) is 26.2 Å². The van der Waals surface area contributed by atoms with Crippen molar-refractivity contribution in [2.24, 2.45) is 0 Å². The summed E-state index contributed by atoms with van der Waals surface area (Å²) in [5.74, 6) is -0.607. The lowest BCUT2D eigenvalue weighted by Crippen LogP contribution is -2.39. The molecule has 0 aliphatic carbocycles. The second-order valence-corrected chi connectivity index (χ2v) is 6.00. The van der Waals surface area contributed by atoms with E-state index in [2.05, 4.69) is 33.4 Å². The Bertz CT molecular complexity index is 720. The molecule has 24 heavy (non-hydrogen) atoms. The zero-order chi connectivity index (χ0) is 16.9. The van der Waals surface area contributed by atoms with E-state index in [4.69, 9.17) is 5.11 Å². The van der Waals surface area contributed by atoms with Gasteiger partial charge in [-0.15, -0.1) is 0 Å². The number of hydrogen-bond donors (Lipinski definition) is 3. The number of carboxylic acids is 1. The number of pyridine rings is 1. The molecule has 0 bridgehead atoms. The number of anilines is 1. The Morgan fingerprint density at radius 2 is 2.00 bits per heavy atom. The van der Waals surface area contributed by atoms with E-state index in [1.165, 1.54) is 17.2 Å². The number of β-amino-alcohol motifs (C(OH)–C–C–N with tert-alkyl or cyclic N) is 1. The van der Waals surface area contributed by atoms with Crippen molar-refractivity contribution in [2.45, 2.75) is 19.1 Å². The Kier molecular flexibility index (Phi) is 5.08. The first kappa shape index (κ1) is 16.4. The number of carbonyl (C=O) groups is 1. The molecule has 3 rings (SSSR count). The molecule has 1 aliphatic heterocycles. The third-order valence-electron chi connectivity index (χ3n) is 4.17. The van der Waals surface area contributed by atoms with Crippen molar-refractivity contribution in [1.29, 1.82) is 0 Å². The first-order chi connectivity index (χ1) is 11.6. The van der Waals surface area contributed by atoms with Gasteiger partial charge < -0.3 is 15.5 Å². The van der Waals surface area contributed by atoms with Gasteiger partial charge in [0.1, 0.15) is 5.82 Å². The number of rotatable bonds is 6. The first-order valence-corrected chi connectivity index (χ1v) is 8.03. The summed E-state index contributed by atoms with van der Waals surface area (Å²) in [5, 5.41) is 22.2. The van der Waals surface area contributed by atoms with Crippen LogP contribution in [0.1, 0.15) is 21.6 Å². The predicted octanol–water partition coefficient (Wildman–Crippen LogP) is 1.61.